The number of nitrogens with zero attached hydrogens (tertiary/aromatic N) is 3. The number of aromatic nitrogens is 3. The summed E-state index contributed by atoms with van der Waals surface area (Å²) >= 11 is 0. The maximum absolute atomic E-state index is 13.1. The second-order valence-electron chi connectivity index (χ2n) is 3.56. The molecule has 0 amide bonds. The molecule has 0 aliphatic heterocycles. The minimum absolute atomic E-state index is 0.107. The third-order valence-corrected chi connectivity index (χ3v) is 2.37. The highest BCUT2D eigenvalue weighted by molar-refractivity contribution is 5.90. The van der Waals surface area contributed by atoms with E-state index in [2.05, 4.69) is 10.1 Å². The van der Waals surface area contributed by atoms with Gasteiger partial charge in [0, 0.05) is 6.20 Å². The van der Waals surface area contributed by atoms with Crippen molar-refractivity contribution in [3.05, 3.63) is 41.9 Å². The Hall–Kier alpha value is -2.31. The Morgan fingerprint density at radius 1 is 1.47 bits per heavy atom. The molecular weight excluding hydrogens is 256 g/mol. The van der Waals surface area contributed by atoms with Crippen LogP contribution in [0.5, 0.6) is 0 Å². The molecule has 0 bridgehead atoms. The summed E-state index contributed by atoms with van der Waals surface area (Å²) in [5.74, 6) is -0.603. The van der Waals surface area contributed by atoms with Gasteiger partial charge in [0.1, 0.15) is 11.3 Å². The number of esters is 1. The molecule has 0 radical (unpaired) electrons. The van der Waals surface area contributed by atoms with Crippen LogP contribution in [0.1, 0.15) is 29.4 Å². The fraction of sp³-hybridized carbons (Fsp3) is 0.250. The molecule has 0 saturated carbocycles. The van der Waals surface area contributed by atoms with Crippen LogP contribution < -0.4 is 0 Å². The molecule has 0 saturated heterocycles. The molecule has 0 unspecified atom stereocenters. The second-order valence-corrected chi connectivity index (χ2v) is 3.56. The molecule has 0 N–H and O–H groups in total. The quantitative estimate of drug-likeness (QED) is 0.798. The molecule has 0 atom stereocenters. The molecule has 0 aliphatic rings. The van der Waals surface area contributed by atoms with Crippen LogP contribution in [0, 0.1) is 0 Å². The van der Waals surface area contributed by atoms with Crippen molar-refractivity contribution in [1.29, 1.82) is 0 Å². The van der Waals surface area contributed by atoms with Crippen LogP contribution >= 0.6 is 0 Å². The average molecular weight is 267 g/mol. The van der Waals surface area contributed by atoms with Crippen LogP contribution in [0.15, 0.2) is 30.6 Å². The van der Waals surface area contributed by atoms with Crippen molar-refractivity contribution in [2.24, 2.45) is 0 Å². The zero-order valence-electron chi connectivity index (χ0n) is 10.1. The number of ether oxygens (including phenoxy) is 1. The van der Waals surface area contributed by atoms with Crippen LogP contribution in [-0.4, -0.2) is 27.3 Å². The molecular formula is C12H11F2N3O2. The average Bonchev–Trinajstić information content (AvgIpc) is 2.85. The van der Waals surface area contributed by atoms with Crippen LogP contribution in [-0.2, 0) is 4.74 Å². The molecule has 2 aromatic rings. The van der Waals surface area contributed by atoms with E-state index >= 15 is 0 Å². The third-order valence-electron chi connectivity index (χ3n) is 2.37. The van der Waals surface area contributed by atoms with Crippen molar-refractivity contribution < 1.29 is 18.3 Å². The molecule has 100 valence electrons. The van der Waals surface area contributed by atoms with Gasteiger partial charge in [-0.15, -0.1) is 0 Å². The Labute approximate surface area is 107 Å². The summed E-state index contributed by atoms with van der Waals surface area (Å²) in [7, 11) is 0. The summed E-state index contributed by atoms with van der Waals surface area (Å²) in [6, 6.07) is 4.82. The van der Waals surface area contributed by atoms with Gasteiger partial charge in [0.25, 0.3) is 6.43 Å². The largest absolute Gasteiger partial charge is 0.462 e. The van der Waals surface area contributed by atoms with Crippen molar-refractivity contribution in [1.82, 2.24) is 14.8 Å². The standard InChI is InChI=1S/C12H11F2N3O2/c1-2-19-12(18)8-7-16-17(10(8)11(13)14)9-5-3-4-6-15-9/h3-7,11H,2H2,1H3. The fourth-order valence-corrected chi connectivity index (χ4v) is 1.60. The molecule has 2 heterocycles. The summed E-state index contributed by atoms with van der Waals surface area (Å²) in [5.41, 5.74) is -0.764. The first-order valence-corrected chi connectivity index (χ1v) is 5.59. The lowest BCUT2D eigenvalue weighted by molar-refractivity contribution is 0.0514. The first-order valence-electron chi connectivity index (χ1n) is 5.59. The van der Waals surface area contributed by atoms with Crippen LogP contribution in [0.3, 0.4) is 0 Å². The molecule has 0 aliphatic carbocycles. The lowest BCUT2D eigenvalue weighted by Crippen LogP contribution is -2.10. The lowest BCUT2D eigenvalue weighted by Gasteiger charge is -2.07. The van der Waals surface area contributed by atoms with E-state index in [9.17, 15) is 13.6 Å². The van der Waals surface area contributed by atoms with Crippen molar-refractivity contribution in [3.8, 4) is 5.82 Å². The highest BCUT2D eigenvalue weighted by Gasteiger charge is 2.26. The molecule has 5 nitrogen and oxygen atoms in total. The third kappa shape index (κ3) is 2.59. The maximum Gasteiger partial charge on any atom is 0.341 e. The SMILES string of the molecule is CCOC(=O)c1cnn(-c2ccccn2)c1C(F)F. The van der Waals surface area contributed by atoms with Crippen molar-refractivity contribution in [2.75, 3.05) is 6.61 Å². The van der Waals surface area contributed by atoms with E-state index in [0.29, 0.717) is 0 Å². The highest BCUT2D eigenvalue weighted by atomic mass is 19.3. The van der Waals surface area contributed by atoms with Gasteiger partial charge < -0.3 is 4.74 Å². The van der Waals surface area contributed by atoms with Crippen molar-refractivity contribution in [2.45, 2.75) is 13.3 Å². The van der Waals surface area contributed by atoms with E-state index in [-0.39, 0.29) is 18.0 Å². The Bertz CT molecular complexity index is 570. The number of carbonyl (C=O) groups is 1. The molecule has 7 heteroatoms. The first-order chi connectivity index (χ1) is 9.15. The van der Waals surface area contributed by atoms with Gasteiger partial charge in [-0.3, -0.25) is 0 Å². The number of pyridine rings is 1. The van der Waals surface area contributed by atoms with E-state index in [1.54, 1.807) is 19.1 Å². The predicted octanol–water partition coefficient (Wildman–Crippen LogP) is 2.38. The summed E-state index contributed by atoms with van der Waals surface area (Å²) in [6.45, 7) is 1.71. The summed E-state index contributed by atoms with van der Waals surface area (Å²) in [5, 5.41) is 3.78. The summed E-state index contributed by atoms with van der Waals surface area (Å²) in [6.07, 6.45) is -0.339. The number of carbonyl (C=O) groups excluding carboxylic acids is 1. The van der Waals surface area contributed by atoms with E-state index in [1.807, 2.05) is 0 Å². The van der Waals surface area contributed by atoms with Gasteiger partial charge >= 0.3 is 5.97 Å². The van der Waals surface area contributed by atoms with E-state index < -0.39 is 18.1 Å². The van der Waals surface area contributed by atoms with Crippen molar-refractivity contribution >= 4 is 5.97 Å². The van der Waals surface area contributed by atoms with E-state index in [4.69, 9.17) is 4.74 Å². The van der Waals surface area contributed by atoms with E-state index in [0.717, 1.165) is 10.9 Å². The molecule has 2 aromatic heterocycles. The van der Waals surface area contributed by atoms with Crippen LogP contribution in [0.2, 0.25) is 0 Å². The lowest BCUT2D eigenvalue weighted by atomic mass is 10.2. The first kappa shape index (κ1) is 13.1. The normalized spacial score (nSPS) is 10.7. The predicted molar refractivity (Wildman–Crippen MR) is 62.3 cm³/mol. The van der Waals surface area contributed by atoms with E-state index in [1.165, 1.54) is 12.3 Å². The van der Waals surface area contributed by atoms with Crippen LogP contribution in [0.4, 0.5) is 8.78 Å². The highest BCUT2D eigenvalue weighted by Crippen LogP contribution is 2.25. The van der Waals surface area contributed by atoms with Gasteiger partial charge in [-0.2, -0.15) is 5.10 Å². The van der Waals surface area contributed by atoms with Crippen molar-refractivity contribution in [3.63, 3.8) is 0 Å². The monoisotopic (exact) mass is 267 g/mol. The van der Waals surface area contributed by atoms with Gasteiger partial charge in [0.15, 0.2) is 5.82 Å². The second kappa shape index (κ2) is 5.55. The van der Waals surface area contributed by atoms with Gasteiger partial charge in [-0.05, 0) is 19.1 Å². The molecule has 19 heavy (non-hydrogen) atoms. The zero-order valence-corrected chi connectivity index (χ0v) is 10.1. The number of hydrogen-bond donors (Lipinski definition) is 0. The Kier molecular flexibility index (Phi) is 3.84. The summed E-state index contributed by atoms with van der Waals surface area (Å²) < 4.78 is 31.9. The Morgan fingerprint density at radius 2 is 2.26 bits per heavy atom. The smallest absolute Gasteiger partial charge is 0.341 e. The van der Waals surface area contributed by atoms with Gasteiger partial charge in [0.05, 0.1) is 12.8 Å². The minimum Gasteiger partial charge on any atom is -0.462 e. The van der Waals surface area contributed by atoms with Crippen LogP contribution in [0.25, 0.3) is 5.82 Å². The maximum atomic E-state index is 13.1. The Morgan fingerprint density at radius 3 is 2.84 bits per heavy atom. The number of alkyl halides is 2. The minimum atomic E-state index is -2.86. The molecule has 0 spiro atoms. The Balaban J connectivity index is 2.49. The number of rotatable bonds is 4. The number of hydrogen-bond acceptors (Lipinski definition) is 4. The topological polar surface area (TPSA) is 57.0 Å². The molecule has 2 rings (SSSR count). The molecule has 0 aromatic carbocycles. The van der Waals surface area contributed by atoms with Gasteiger partial charge in [-0.1, -0.05) is 6.07 Å². The number of halogens is 2. The van der Waals surface area contributed by atoms with Gasteiger partial charge in [-0.25, -0.2) is 23.2 Å². The zero-order chi connectivity index (χ0) is 13.8. The fourth-order valence-electron chi connectivity index (χ4n) is 1.60. The molecule has 0 fully saturated rings. The van der Waals surface area contributed by atoms with Gasteiger partial charge in [0.2, 0.25) is 0 Å². The summed E-state index contributed by atoms with van der Waals surface area (Å²) in [4.78, 5) is 15.5.